The van der Waals surface area contributed by atoms with Crippen molar-refractivity contribution in [3.05, 3.63) is 65.5 Å². The van der Waals surface area contributed by atoms with Crippen molar-refractivity contribution in [3.63, 3.8) is 0 Å². The minimum Gasteiger partial charge on any atom is -0.346 e. The van der Waals surface area contributed by atoms with Crippen LogP contribution in [-0.2, 0) is 9.84 Å². The molecule has 22 heavy (non-hydrogen) atoms. The Labute approximate surface area is 128 Å². The second kappa shape index (κ2) is 6.27. The third-order valence-electron chi connectivity index (χ3n) is 3.26. The predicted octanol–water partition coefficient (Wildman–Crippen LogP) is 2.72. The van der Waals surface area contributed by atoms with Crippen LogP contribution in [0, 0.1) is 5.82 Å². The fourth-order valence-corrected chi connectivity index (χ4v) is 2.60. The molecule has 0 aromatic heterocycles. The SMILES string of the molecule is C[C@@H](NC(=O)c1ccc(F)cc1)c1ccc(S(C)(=O)=O)cc1. The number of hydrogen-bond donors (Lipinski definition) is 1. The van der Waals surface area contributed by atoms with Crippen LogP contribution in [0.3, 0.4) is 0 Å². The Bertz CT molecular complexity index is 768. The first-order chi connectivity index (χ1) is 10.3. The van der Waals surface area contributed by atoms with Crippen molar-refractivity contribution in [2.75, 3.05) is 6.26 Å². The molecule has 0 spiro atoms. The van der Waals surface area contributed by atoms with Crippen LogP contribution in [0.25, 0.3) is 0 Å². The summed E-state index contributed by atoms with van der Waals surface area (Å²) in [6, 6.07) is 11.3. The number of carbonyl (C=O) groups is 1. The molecular formula is C16H16FNO3S. The highest BCUT2D eigenvalue weighted by Gasteiger charge is 2.13. The van der Waals surface area contributed by atoms with Crippen LogP contribution >= 0.6 is 0 Å². The summed E-state index contributed by atoms with van der Waals surface area (Å²) in [6.45, 7) is 1.79. The van der Waals surface area contributed by atoms with Gasteiger partial charge in [-0.05, 0) is 48.9 Å². The number of amides is 1. The Morgan fingerprint density at radius 3 is 2.09 bits per heavy atom. The van der Waals surface area contributed by atoms with Gasteiger partial charge in [-0.25, -0.2) is 12.8 Å². The van der Waals surface area contributed by atoms with Crippen molar-refractivity contribution in [1.29, 1.82) is 0 Å². The topological polar surface area (TPSA) is 63.2 Å². The van der Waals surface area contributed by atoms with E-state index >= 15 is 0 Å². The molecule has 0 aliphatic carbocycles. The standard InChI is InChI=1S/C16H16FNO3S/c1-11(12-5-9-15(10-6-12)22(2,20)21)18-16(19)13-3-7-14(17)8-4-13/h3-11H,1-2H3,(H,18,19)/t11-/m1/s1. The summed E-state index contributed by atoms with van der Waals surface area (Å²) in [4.78, 5) is 12.3. The highest BCUT2D eigenvalue weighted by atomic mass is 32.2. The summed E-state index contributed by atoms with van der Waals surface area (Å²) >= 11 is 0. The van der Waals surface area contributed by atoms with E-state index in [0.717, 1.165) is 11.8 Å². The molecule has 0 saturated carbocycles. The van der Waals surface area contributed by atoms with Crippen molar-refractivity contribution in [2.45, 2.75) is 17.9 Å². The monoisotopic (exact) mass is 321 g/mol. The molecule has 116 valence electrons. The van der Waals surface area contributed by atoms with Crippen molar-refractivity contribution in [2.24, 2.45) is 0 Å². The summed E-state index contributed by atoms with van der Waals surface area (Å²) in [5.74, 6) is -0.722. The van der Waals surface area contributed by atoms with Crippen molar-refractivity contribution < 1.29 is 17.6 Å². The Hall–Kier alpha value is -2.21. The van der Waals surface area contributed by atoms with E-state index in [1.54, 1.807) is 19.1 Å². The molecule has 4 nitrogen and oxygen atoms in total. The van der Waals surface area contributed by atoms with Crippen molar-refractivity contribution >= 4 is 15.7 Å². The van der Waals surface area contributed by atoms with Crippen molar-refractivity contribution in [1.82, 2.24) is 5.32 Å². The van der Waals surface area contributed by atoms with E-state index in [2.05, 4.69) is 5.32 Å². The minimum atomic E-state index is -3.24. The zero-order valence-electron chi connectivity index (χ0n) is 12.2. The Morgan fingerprint density at radius 2 is 1.59 bits per heavy atom. The number of rotatable bonds is 4. The van der Waals surface area contributed by atoms with Crippen LogP contribution in [0.4, 0.5) is 4.39 Å². The summed E-state index contributed by atoms with van der Waals surface area (Å²) in [5, 5.41) is 2.78. The van der Waals surface area contributed by atoms with Gasteiger partial charge in [-0.3, -0.25) is 4.79 Å². The van der Waals surface area contributed by atoms with Gasteiger partial charge in [0.25, 0.3) is 5.91 Å². The van der Waals surface area contributed by atoms with Crippen molar-refractivity contribution in [3.8, 4) is 0 Å². The van der Waals surface area contributed by atoms with Gasteiger partial charge in [-0.1, -0.05) is 12.1 Å². The summed E-state index contributed by atoms with van der Waals surface area (Å²) < 4.78 is 35.6. The number of benzene rings is 2. The maximum Gasteiger partial charge on any atom is 0.251 e. The molecule has 0 heterocycles. The highest BCUT2D eigenvalue weighted by molar-refractivity contribution is 7.90. The average molecular weight is 321 g/mol. The maximum atomic E-state index is 12.8. The fourth-order valence-electron chi connectivity index (χ4n) is 1.97. The quantitative estimate of drug-likeness (QED) is 0.942. The molecule has 0 radical (unpaired) electrons. The number of halogens is 1. The molecule has 2 rings (SSSR count). The molecule has 0 aliphatic rings. The van der Waals surface area contributed by atoms with Crippen LogP contribution in [0.5, 0.6) is 0 Å². The first kappa shape index (κ1) is 16.2. The van der Waals surface area contributed by atoms with E-state index in [-0.39, 0.29) is 16.8 Å². The van der Waals surface area contributed by atoms with Gasteiger partial charge in [0.15, 0.2) is 9.84 Å². The van der Waals surface area contributed by atoms with Crippen LogP contribution in [0.15, 0.2) is 53.4 Å². The van der Waals surface area contributed by atoms with Crippen LogP contribution < -0.4 is 5.32 Å². The van der Waals surface area contributed by atoms with Gasteiger partial charge in [0, 0.05) is 11.8 Å². The Balaban J connectivity index is 2.10. The lowest BCUT2D eigenvalue weighted by molar-refractivity contribution is 0.0940. The van der Waals surface area contributed by atoms with E-state index in [1.165, 1.54) is 36.4 Å². The summed E-state index contributed by atoms with van der Waals surface area (Å²) in [7, 11) is -3.24. The molecule has 0 aliphatic heterocycles. The minimum absolute atomic E-state index is 0.230. The molecule has 1 atom stereocenters. The van der Waals surface area contributed by atoms with Gasteiger partial charge < -0.3 is 5.32 Å². The summed E-state index contributed by atoms with van der Waals surface area (Å²) in [6.07, 6.45) is 1.14. The third-order valence-corrected chi connectivity index (χ3v) is 4.39. The van der Waals surface area contributed by atoms with Gasteiger partial charge in [0.05, 0.1) is 10.9 Å². The van der Waals surface area contributed by atoms with Gasteiger partial charge in [-0.15, -0.1) is 0 Å². The zero-order chi connectivity index (χ0) is 16.3. The second-order valence-corrected chi connectivity index (χ2v) is 7.06. The molecule has 2 aromatic carbocycles. The second-order valence-electron chi connectivity index (χ2n) is 5.04. The van der Waals surface area contributed by atoms with Gasteiger partial charge >= 0.3 is 0 Å². The molecule has 1 amide bonds. The third kappa shape index (κ3) is 3.92. The smallest absolute Gasteiger partial charge is 0.251 e. The lowest BCUT2D eigenvalue weighted by Gasteiger charge is -2.14. The van der Waals surface area contributed by atoms with E-state index in [0.29, 0.717) is 5.56 Å². The molecule has 2 aromatic rings. The van der Waals surface area contributed by atoms with Gasteiger partial charge in [0.2, 0.25) is 0 Å². The van der Waals surface area contributed by atoms with E-state index in [1.807, 2.05) is 0 Å². The molecular weight excluding hydrogens is 305 g/mol. The number of nitrogens with one attached hydrogen (secondary N) is 1. The van der Waals surface area contributed by atoms with Crippen LogP contribution in [0.1, 0.15) is 28.9 Å². The first-order valence-corrected chi connectivity index (χ1v) is 8.53. The van der Waals surface area contributed by atoms with Gasteiger partial charge in [0.1, 0.15) is 5.82 Å². The van der Waals surface area contributed by atoms with Crippen LogP contribution in [0.2, 0.25) is 0 Å². The van der Waals surface area contributed by atoms with Crippen LogP contribution in [-0.4, -0.2) is 20.6 Å². The first-order valence-electron chi connectivity index (χ1n) is 6.64. The molecule has 0 fully saturated rings. The van der Waals surface area contributed by atoms with E-state index < -0.39 is 15.7 Å². The van der Waals surface area contributed by atoms with E-state index in [4.69, 9.17) is 0 Å². The molecule has 6 heteroatoms. The predicted molar refractivity (Wildman–Crippen MR) is 81.8 cm³/mol. The number of carbonyl (C=O) groups excluding carboxylic acids is 1. The maximum absolute atomic E-state index is 12.8. The lowest BCUT2D eigenvalue weighted by Crippen LogP contribution is -2.26. The number of sulfone groups is 1. The normalized spacial score (nSPS) is 12.7. The Kier molecular flexibility index (Phi) is 4.61. The molecule has 0 unspecified atom stereocenters. The van der Waals surface area contributed by atoms with E-state index in [9.17, 15) is 17.6 Å². The lowest BCUT2D eigenvalue weighted by atomic mass is 10.1. The average Bonchev–Trinajstić information content (AvgIpc) is 2.47. The molecule has 0 saturated heterocycles. The number of hydrogen-bond acceptors (Lipinski definition) is 3. The highest BCUT2D eigenvalue weighted by Crippen LogP contribution is 2.17. The zero-order valence-corrected chi connectivity index (χ0v) is 13.0. The Morgan fingerprint density at radius 1 is 1.05 bits per heavy atom. The largest absolute Gasteiger partial charge is 0.346 e. The summed E-state index contributed by atoms with van der Waals surface area (Å²) in [5.41, 5.74) is 1.14. The molecule has 1 N–H and O–H groups in total. The molecule has 0 bridgehead atoms. The van der Waals surface area contributed by atoms with Gasteiger partial charge in [-0.2, -0.15) is 0 Å². The fraction of sp³-hybridized carbons (Fsp3) is 0.188.